The summed E-state index contributed by atoms with van der Waals surface area (Å²) in [6.45, 7) is 23.2. The number of carbonyl (C=O) groups excluding carboxylic acids is 7. The van der Waals surface area contributed by atoms with E-state index >= 15 is 0 Å². The summed E-state index contributed by atoms with van der Waals surface area (Å²) in [6.07, 6.45) is 1.59. The van der Waals surface area contributed by atoms with Crippen LogP contribution in [-0.2, 0) is 76.1 Å². The van der Waals surface area contributed by atoms with Gasteiger partial charge in [0, 0.05) is 53.5 Å². The Bertz CT molecular complexity index is 2750. The van der Waals surface area contributed by atoms with E-state index in [1.165, 1.54) is 18.9 Å². The number of hydrogen-bond acceptors (Lipinski definition) is 20. The van der Waals surface area contributed by atoms with Gasteiger partial charge in [0.05, 0.1) is 43.5 Å². The van der Waals surface area contributed by atoms with Gasteiger partial charge in [0.25, 0.3) is 5.60 Å². The average Bonchev–Trinajstić information content (AvgIpc) is 1.39. The van der Waals surface area contributed by atoms with Gasteiger partial charge in [-0.05, 0) is 165 Å². The third-order valence-corrected chi connectivity index (χ3v) is 20.3. The molecule has 0 spiro atoms. The first-order valence-corrected chi connectivity index (χ1v) is 31.3. The molecule has 508 valence electrons. The van der Waals surface area contributed by atoms with Crippen LogP contribution in [0, 0.1) is 59.2 Å². The summed E-state index contributed by atoms with van der Waals surface area (Å²) in [6, 6.07) is 0. The number of aliphatic hydroxyl groups is 3. The second kappa shape index (κ2) is 28.0. The fraction of sp³-hybridized carbons (Fsp3) is 0.738. The number of alkyl halides is 6. The fourth-order valence-electron chi connectivity index (χ4n) is 17.6. The Morgan fingerprint density at radius 2 is 1.11 bits per heavy atom. The predicted molar refractivity (Wildman–Crippen MR) is 306 cm³/mol. The number of rotatable bonds is 19. The lowest BCUT2D eigenvalue weighted by Crippen LogP contribution is -2.61. The molecular formula is C65H86F6O20. The van der Waals surface area contributed by atoms with Gasteiger partial charge in [0.2, 0.25) is 0 Å². The van der Waals surface area contributed by atoms with Gasteiger partial charge < -0.3 is 62.7 Å². The number of cyclic esters (lactones) is 2. The third kappa shape index (κ3) is 16.2. The number of fused-ring (bicyclic) bond motifs is 3. The summed E-state index contributed by atoms with van der Waals surface area (Å²) < 4.78 is 129. The molecule has 14 unspecified atom stereocenters. The summed E-state index contributed by atoms with van der Waals surface area (Å²) in [5.74, 6) is -0.845. The fourth-order valence-corrected chi connectivity index (χ4v) is 17.6. The Morgan fingerprint density at radius 3 is 1.55 bits per heavy atom. The maximum absolute atomic E-state index is 12.7. The van der Waals surface area contributed by atoms with Crippen molar-refractivity contribution >= 4 is 42.0 Å². The molecule has 2 heterocycles. The van der Waals surface area contributed by atoms with Gasteiger partial charge in [-0.2, -0.15) is 26.3 Å². The highest BCUT2D eigenvalue weighted by Gasteiger charge is 2.72. The second-order valence-corrected chi connectivity index (χ2v) is 27.6. The highest BCUT2D eigenvalue weighted by molar-refractivity contribution is 5.88. The van der Waals surface area contributed by atoms with Crippen LogP contribution in [0.25, 0.3) is 0 Å². The Morgan fingerprint density at radius 1 is 0.604 bits per heavy atom. The molecule has 26 heteroatoms. The van der Waals surface area contributed by atoms with E-state index in [9.17, 15) is 65.0 Å². The molecular weight excluding hydrogens is 1210 g/mol. The molecule has 14 atom stereocenters. The molecule has 91 heavy (non-hydrogen) atoms. The summed E-state index contributed by atoms with van der Waals surface area (Å²) >= 11 is 0. The largest absolute Gasteiger partial charge is 0.508 e. The minimum atomic E-state index is -5.79. The van der Waals surface area contributed by atoms with E-state index in [2.05, 4.69) is 42.4 Å². The van der Waals surface area contributed by atoms with E-state index in [1.54, 1.807) is 20.8 Å². The van der Waals surface area contributed by atoms with Crippen molar-refractivity contribution < 1.29 is 123 Å². The highest BCUT2D eigenvalue weighted by atomic mass is 19.4. The molecule has 20 nitrogen and oxygen atoms in total. The monoisotopic (exact) mass is 1300 g/mol. The zero-order chi connectivity index (χ0) is 66.8. The van der Waals surface area contributed by atoms with Crippen LogP contribution in [0.5, 0.6) is 0 Å². The first-order chi connectivity index (χ1) is 42.6. The number of aliphatic hydroxyl groups excluding tert-OH is 2. The first-order valence-electron chi connectivity index (χ1n) is 31.3. The topological polar surface area (TPSA) is 272 Å². The molecule has 12 saturated carbocycles. The summed E-state index contributed by atoms with van der Waals surface area (Å²) in [7, 11) is 0. The Hall–Kier alpha value is -5.83. The minimum absolute atomic E-state index is 0.0113. The predicted octanol–water partition coefficient (Wildman–Crippen LogP) is 9.09. The van der Waals surface area contributed by atoms with Crippen LogP contribution in [0.3, 0.4) is 0 Å². The number of halogens is 6. The van der Waals surface area contributed by atoms with Crippen LogP contribution in [0.1, 0.15) is 136 Å². The first kappa shape index (κ1) is 71.0. The summed E-state index contributed by atoms with van der Waals surface area (Å²) in [5.41, 5.74) is -4.58. The second-order valence-electron chi connectivity index (χ2n) is 27.6. The molecule has 2 aliphatic heterocycles. The number of ether oxygens (including phenoxy) is 10. The van der Waals surface area contributed by atoms with Crippen molar-refractivity contribution in [2.24, 2.45) is 59.2 Å². The van der Waals surface area contributed by atoms with Crippen LogP contribution in [-0.4, -0.2) is 162 Å². The molecule has 0 amide bonds. The number of carbonyl (C=O) groups is 7. The molecule has 14 aliphatic rings. The molecule has 2 saturated heterocycles. The molecule has 3 N–H and O–H groups in total. The Labute approximate surface area is 524 Å². The molecule has 14 fully saturated rings. The van der Waals surface area contributed by atoms with Crippen molar-refractivity contribution in [3.8, 4) is 0 Å². The molecule has 0 aromatic rings. The van der Waals surface area contributed by atoms with Crippen molar-refractivity contribution in [3.05, 3.63) is 61.8 Å². The third-order valence-electron chi connectivity index (χ3n) is 20.3. The zero-order valence-electron chi connectivity index (χ0n) is 51.8. The summed E-state index contributed by atoms with van der Waals surface area (Å²) in [4.78, 5) is 78.9. The normalized spacial score (nSPS) is 36.6. The van der Waals surface area contributed by atoms with Crippen molar-refractivity contribution in [1.82, 2.24) is 0 Å². The van der Waals surface area contributed by atoms with Crippen LogP contribution < -0.4 is 0 Å². The molecule has 12 bridgehead atoms. The van der Waals surface area contributed by atoms with Gasteiger partial charge in [0.15, 0.2) is 6.10 Å². The van der Waals surface area contributed by atoms with Gasteiger partial charge in [-0.25, -0.2) is 28.8 Å². The standard InChI is InChI=1S/C16H24O4.C15H22O4.C14H16F6O3.C12H14O4.C8H10O5/c1-11(2)14(18)20-16-8-12-5-13(9-16)7-15(6-12,10-16)19-4-3-17;1-2-13(17)19-15-8-11-5-12(9-15)7-14(6-11,10-15)18-4-3-16;1-2-11(21)23-10-5-7-3-8(10)4-9(7)6-12(22,13(15,16)17)14(18,19)20;1-5(2)11(13)15-9-6-3-7-8(4-6)12(14)16-10(7)9;1-5(2)7(9)11-3-6-4-12-8(10)13-6/h12-13,17H,1,3-10H2,2H3;2,11-12,16H,1,3-10H2;2,7-10,22H,1,3-6H2;6-10H,1,3-4H2,2H3;6H,1,3-4H2,2H3. The molecule has 14 rings (SSSR count). The van der Waals surface area contributed by atoms with Crippen LogP contribution in [0.15, 0.2) is 61.8 Å². The molecule has 0 radical (unpaired) electrons. The SMILES string of the molecule is C=C(C)C(=O)OC12CC3CC(CC(OCCO)(C3)C1)C2.C=C(C)C(=O)OC1C2CC3C(=O)OC1C3C2.C=C(C)C(=O)OCC1COC(=O)O1.C=CC(=O)OC12CC3CC(CC(OCCO)(C3)C1)C2.C=CC(=O)OC1CC2CC1CC2CC(O)(C(F)(F)F)C(F)(F)F. The molecule has 12 aliphatic carbocycles. The average molecular weight is 1300 g/mol. The zero-order valence-corrected chi connectivity index (χ0v) is 51.8. The number of hydrogen-bond donors (Lipinski definition) is 3. The van der Waals surface area contributed by atoms with Crippen LogP contribution in [0.2, 0.25) is 0 Å². The lowest BCUT2D eigenvalue weighted by Gasteiger charge is -2.60. The van der Waals surface area contributed by atoms with Crippen molar-refractivity contribution in [2.75, 3.05) is 39.6 Å². The molecule has 0 aromatic carbocycles. The maximum Gasteiger partial charge on any atom is 0.508 e. The smallest absolute Gasteiger partial charge is 0.459 e. The van der Waals surface area contributed by atoms with Gasteiger partial charge in [-0.1, -0.05) is 32.9 Å². The van der Waals surface area contributed by atoms with Crippen molar-refractivity contribution in [1.29, 1.82) is 0 Å². The minimum Gasteiger partial charge on any atom is -0.459 e. The van der Waals surface area contributed by atoms with E-state index in [0.717, 1.165) is 83.1 Å². The van der Waals surface area contributed by atoms with E-state index in [1.807, 2.05) is 0 Å². The molecule has 0 aromatic heterocycles. The highest BCUT2D eigenvalue weighted by Crippen LogP contribution is 2.63. The number of esters is 6. The van der Waals surface area contributed by atoms with E-state index in [-0.39, 0.29) is 116 Å². The Kier molecular flexibility index (Phi) is 21.9. The van der Waals surface area contributed by atoms with Gasteiger partial charge >= 0.3 is 54.3 Å². The van der Waals surface area contributed by atoms with Crippen molar-refractivity contribution in [2.45, 2.75) is 201 Å². The van der Waals surface area contributed by atoms with Crippen LogP contribution >= 0.6 is 0 Å². The van der Waals surface area contributed by atoms with Crippen molar-refractivity contribution in [3.63, 3.8) is 0 Å². The quantitative estimate of drug-likeness (QED) is 0.0471. The van der Waals surface area contributed by atoms with Crippen LogP contribution in [0.4, 0.5) is 31.1 Å². The van der Waals surface area contributed by atoms with Gasteiger partial charge in [0.1, 0.15) is 42.7 Å². The van der Waals surface area contributed by atoms with Gasteiger partial charge in [-0.3, -0.25) is 4.79 Å². The lowest BCUT2D eigenvalue weighted by molar-refractivity contribution is -0.373. The van der Waals surface area contributed by atoms with E-state index in [4.69, 9.17) is 48.1 Å². The lowest BCUT2D eigenvalue weighted by atomic mass is 9.52. The Balaban J connectivity index is 0.000000148. The van der Waals surface area contributed by atoms with E-state index < -0.39 is 66.5 Å². The van der Waals surface area contributed by atoms with E-state index in [0.29, 0.717) is 65.9 Å². The maximum atomic E-state index is 12.7. The van der Waals surface area contributed by atoms with Gasteiger partial charge in [-0.15, -0.1) is 0 Å². The summed E-state index contributed by atoms with van der Waals surface area (Å²) in [5, 5.41) is 27.3.